The van der Waals surface area contributed by atoms with Crippen LogP contribution in [0.2, 0.25) is 0 Å². The average molecular weight is 261 g/mol. The molecule has 0 aliphatic heterocycles. The van der Waals surface area contributed by atoms with Gasteiger partial charge in [0, 0.05) is 6.04 Å². The Hall–Kier alpha value is -1.35. The predicted molar refractivity (Wildman–Crippen MR) is 76.4 cm³/mol. The summed E-state index contributed by atoms with van der Waals surface area (Å²) >= 11 is 0. The molecule has 0 radical (unpaired) electrons. The summed E-state index contributed by atoms with van der Waals surface area (Å²) in [4.78, 5) is 13.2. The van der Waals surface area contributed by atoms with Gasteiger partial charge in [0.1, 0.15) is 0 Å². The zero-order chi connectivity index (χ0) is 13.8. The molecular formula is C16H23NO2. The van der Waals surface area contributed by atoms with Crippen LogP contribution in [-0.2, 0) is 0 Å². The van der Waals surface area contributed by atoms with Crippen molar-refractivity contribution in [2.75, 3.05) is 14.1 Å². The maximum atomic E-state index is 10.9. The van der Waals surface area contributed by atoms with Crippen molar-refractivity contribution >= 4 is 5.97 Å². The highest BCUT2D eigenvalue weighted by Gasteiger charge is 2.26. The Morgan fingerprint density at radius 3 is 2.21 bits per heavy atom. The maximum absolute atomic E-state index is 10.9. The Bertz CT molecular complexity index is 419. The largest absolute Gasteiger partial charge is 0.478 e. The molecule has 1 aliphatic carbocycles. The molecule has 0 saturated heterocycles. The van der Waals surface area contributed by atoms with Crippen LogP contribution < -0.4 is 0 Å². The van der Waals surface area contributed by atoms with Crippen LogP contribution in [-0.4, -0.2) is 30.1 Å². The second-order valence-electron chi connectivity index (χ2n) is 5.73. The number of rotatable bonds is 4. The first-order valence-corrected chi connectivity index (χ1v) is 7.09. The predicted octanol–water partition coefficient (Wildman–Crippen LogP) is 3.57. The van der Waals surface area contributed by atoms with Crippen molar-refractivity contribution in [1.29, 1.82) is 0 Å². The monoisotopic (exact) mass is 261 g/mol. The minimum absolute atomic E-state index is 0.366. The van der Waals surface area contributed by atoms with Gasteiger partial charge in [0.25, 0.3) is 0 Å². The molecule has 1 N–H and O–H groups in total. The van der Waals surface area contributed by atoms with Crippen molar-refractivity contribution in [1.82, 2.24) is 4.90 Å². The minimum Gasteiger partial charge on any atom is -0.478 e. The lowest BCUT2D eigenvalue weighted by atomic mass is 9.80. The lowest BCUT2D eigenvalue weighted by Crippen LogP contribution is -2.28. The van der Waals surface area contributed by atoms with Gasteiger partial charge < -0.3 is 10.0 Å². The number of nitrogens with zero attached hydrogens (tertiary/aromatic N) is 1. The first-order valence-electron chi connectivity index (χ1n) is 7.09. The molecule has 1 unspecified atom stereocenters. The third kappa shape index (κ3) is 3.35. The zero-order valence-corrected chi connectivity index (χ0v) is 11.8. The van der Waals surface area contributed by atoms with Crippen LogP contribution in [0.15, 0.2) is 24.3 Å². The molecule has 1 aromatic rings. The number of aromatic carboxylic acids is 1. The van der Waals surface area contributed by atoms with Crippen LogP contribution in [0.3, 0.4) is 0 Å². The van der Waals surface area contributed by atoms with Crippen molar-refractivity contribution in [3.8, 4) is 0 Å². The molecule has 0 amide bonds. The Labute approximate surface area is 115 Å². The van der Waals surface area contributed by atoms with E-state index < -0.39 is 5.97 Å². The summed E-state index contributed by atoms with van der Waals surface area (Å²) in [6.07, 6.45) is 6.56. The minimum atomic E-state index is -0.856. The van der Waals surface area contributed by atoms with E-state index >= 15 is 0 Å². The third-order valence-corrected chi connectivity index (χ3v) is 4.15. The fraction of sp³-hybridized carbons (Fsp3) is 0.562. The van der Waals surface area contributed by atoms with Crippen LogP contribution >= 0.6 is 0 Å². The first-order chi connectivity index (χ1) is 9.09. The molecule has 3 heteroatoms. The molecule has 0 heterocycles. The highest BCUT2D eigenvalue weighted by atomic mass is 16.4. The van der Waals surface area contributed by atoms with Crippen molar-refractivity contribution in [2.45, 2.75) is 38.1 Å². The van der Waals surface area contributed by atoms with Crippen LogP contribution in [0.1, 0.15) is 54.1 Å². The lowest BCUT2D eigenvalue weighted by Gasteiger charge is -2.35. The van der Waals surface area contributed by atoms with E-state index in [0.29, 0.717) is 17.5 Å². The van der Waals surface area contributed by atoms with Gasteiger partial charge in [0.2, 0.25) is 0 Å². The van der Waals surface area contributed by atoms with Crippen LogP contribution in [0.5, 0.6) is 0 Å². The second-order valence-corrected chi connectivity index (χ2v) is 5.73. The summed E-state index contributed by atoms with van der Waals surface area (Å²) in [6.45, 7) is 0. The standard InChI is InChI=1S/C16H23NO2/c1-17(2)15(12-6-4-3-5-7-12)13-8-10-14(11-9-13)16(18)19/h8-12,15H,3-7H2,1-2H3,(H,18,19). The van der Waals surface area contributed by atoms with Crippen molar-refractivity contribution in [3.63, 3.8) is 0 Å². The van der Waals surface area contributed by atoms with E-state index in [0.717, 1.165) is 0 Å². The maximum Gasteiger partial charge on any atom is 0.335 e. The highest BCUT2D eigenvalue weighted by molar-refractivity contribution is 5.87. The Kier molecular flexibility index (Phi) is 4.59. The van der Waals surface area contributed by atoms with Gasteiger partial charge in [-0.15, -0.1) is 0 Å². The van der Waals surface area contributed by atoms with E-state index in [4.69, 9.17) is 5.11 Å². The fourth-order valence-corrected chi connectivity index (χ4v) is 3.26. The quantitative estimate of drug-likeness (QED) is 0.900. The molecule has 19 heavy (non-hydrogen) atoms. The van der Waals surface area contributed by atoms with Gasteiger partial charge in [0.15, 0.2) is 0 Å². The van der Waals surface area contributed by atoms with Gasteiger partial charge in [-0.3, -0.25) is 0 Å². The van der Waals surface area contributed by atoms with Crippen molar-refractivity contribution < 1.29 is 9.90 Å². The van der Waals surface area contributed by atoms with Gasteiger partial charge in [0.05, 0.1) is 5.56 Å². The van der Waals surface area contributed by atoms with Crippen LogP contribution in [0.4, 0.5) is 0 Å². The van der Waals surface area contributed by atoms with E-state index in [2.05, 4.69) is 19.0 Å². The van der Waals surface area contributed by atoms with Gasteiger partial charge >= 0.3 is 5.97 Å². The summed E-state index contributed by atoms with van der Waals surface area (Å²) in [5.74, 6) is -0.162. The molecule has 1 atom stereocenters. The van der Waals surface area contributed by atoms with E-state index in [-0.39, 0.29) is 0 Å². The Balaban J connectivity index is 2.20. The number of benzene rings is 1. The molecule has 2 rings (SSSR count). The molecule has 0 aromatic heterocycles. The summed E-state index contributed by atoms with van der Waals surface area (Å²) in [7, 11) is 4.23. The molecule has 0 spiro atoms. The summed E-state index contributed by atoms with van der Waals surface area (Å²) in [5.41, 5.74) is 1.60. The van der Waals surface area contributed by atoms with E-state index in [1.165, 1.54) is 37.7 Å². The highest BCUT2D eigenvalue weighted by Crippen LogP contribution is 2.37. The number of carboxylic acids is 1. The van der Waals surface area contributed by atoms with Crippen LogP contribution in [0, 0.1) is 5.92 Å². The van der Waals surface area contributed by atoms with E-state index in [1.54, 1.807) is 12.1 Å². The van der Waals surface area contributed by atoms with Crippen molar-refractivity contribution in [3.05, 3.63) is 35.4 Å². The molecule has 1 fully saturated rings. The lowest BCUT2D eigenvalue weighted by molar-refractivity contribution is 0.0697. The number of hydrogen-bond acceptors (Lipinski definition) is 2. The van der Waals surface area contributed by atoms with Crippen molar-refractivity contribution in [2.24, 2.45) is 5.92 Å². The molecule has 1 aliphatic rings. The van der Waals surface area contributed by atoms with Gasteiger partial charge in [-0.05, 0) is 50.6 Å². The topological polar surface area (TPSA) is 40.5 Å². The SMILES string of the molecule is CN(C)C(c1ccc(C(=O)O)cc1)C1CCCCC1. The van der Waals surface area contributed by atoms with E-state index in [1.807, 2.05) is 12.1 Å². The van der Waals surface area contributed by atoms with Gasteiger partial charge in [-0.25, -0.2) is 4.79 Å². The van der Waals surface area contributed by atoms with E-state index in [9.17, 15) is 4.79 Å². The Morgan fingerprint density at radius 2 is 1.74 bits per heavy atom. The summed E-state index contributed by atoms with van der Waals surface area (Å²) in [5, 5.41) is 8.96. The normalized spacial score (nSPS) is 18.5. The molecule has 0 bridgehead atoms. The number of carboxylic acid groups (broad SMARTS) is 1. The number of carbonyl (C=O) groups is 1. The summed E-state index contributed by atoms with van der Waals surface area (Å²) < 4.78 is 0. The number of hydrogen-bond donors (Lipinski definition) is 1. The zero-order valence-electron chi connectivity index (χ0n) is 11.8. The molecule has 1 saturated carbocycles. The third-order valence-electron chi connectivity index (χ3n) is 4.15. The van der Waals surface area contributed by atoms with Gasteiger partial charge in [-0.2, -0.15) is 0 Å². The van der Waals surface area contributed by atoms with Gasteiger partial charge in [-0.1, -0.05) is 31.4 Å². The second kappa shape index (κ2) is 6.20. The molecule has 3 nitrogen and oxygen atoms in total. The summed E-state index contributed by atoms with van der Waals surface area (Å²) in [6, 6.07) is 7.79. The molecule has 1 aromatic carbocycles. The first kappa shape index (κ1) is 14.1. The molecule has 104 valence electrons. The fourth-order valence-electron chi connectivity index (χ4n) is 3.26. The smallest absolute Gasteiger partial charge is 0.335 e. The Morgan fingerprint density at radius 1 is 1.16 bits per heavy atom. The average Bonchev–Trinajstić information content (AvgIpc) is 2.40. The van der Waals surface area contributed by atoms with Crippen LogP contribution in [0.25, 0.3) is 0 Å². The molecular weight excluding hydrogens is 238 g/mol.